The average molecular weight is 380 g/mol. The van der Waals surface area contributed by atoms with E-state index in [9.17, 15) is 13.2 Å². The second-order valence-corrected chi connectivity index (χ2v) is 9.36. The second-order valence-electron chi connectivity index (χ2n) is 7.43. The van der Waals surface area contributed by atoms with Gasteiger partial charge >= 0.3 is 0 Å². The van der Waals surface area contributed by atoms with Crippen LogP contribution in [0.3, 0.4) is 0 Å². The van der Waals surface area contributed by atoms with Gasteiger partial charge in [-0.2, -0.15) is 4.31 Å². The molecule has 7 heteroatoms. The Bertz CT molecular complexity index is 725. The van der Waals surface area contributed by atoms with Crippen LogP contribution >= 0.6 is 0 Å². The zero-order chi connectivity index (χ0) is 18.7. The number of carbonyl (C=O) groups excluding carboxylic acids is 1. The van der Waals surface area contributed by atoms with Crippen LogP contribution in [0.1, 0.15) is 31.7 Å². The zero-order valence-electron chi connectivity index (χ0n) is 15.7. The highest BCUT2D eigenvalue weighted by atomic mass is 32.2. The van der Waals surface area contributed by atoms with Gasteiger partial charge in [-0.1, -0.05) is 17.7 Å². The molecule has 1 atom stereocenters. The first-order chi connectivity index (χ1) is 12.4. The van der Waals surface area contributed by atoms with Gasteiger partial charge in [0.15, 0.2) is 0 Å². The van der Waals surface area contributed by atoms with E-state index in [-0.39, 0.29) is 5.91 Å². The van der Waals surface area contributed by atoms with Gasteiger partial charge in [-0.15, -0.1) is 0 Å². The molecular formula is C19H29N3O3S. The topological polar surface area (TPSA) is 60.9 Å². The molecule has 0 N–H and O–H groups in total. The predicted octanol–water partition coefficient (Wildman–Crippen LogP) is 1.70. The molecule has 0 saturated carbocycles. The van der Waals surface area contributed by atoms with E-state index in [0.717, 1.165) is 24.9 Å². The van der Waals surface area contributed by atoms with Crippen LogP contribution in [0.25, 0.3) is 0 Å². The van der Waals surface area contributed by atoms with Crippen molar-refractivity contribution in [3.8, 4) is 0 Å². The van der Waals surface area contributed by atoms with Gasteiger partial charge in [0.05, 0.1) is 11.4 Å². The molecule has 26 heavy (non-hydrogen) atoms. The Morgan fingerprint density at radius 3 is 2.31 bits per heavy atom. The van der Waals surface area contributed by atoms with Crippen molar-refractivity contribution in [3.63, 3.8) is 0 Å². The Balaban J connectivity index is 1.55. The molecule has 0 radical (unpaired) electrons. The third kappa shape index (κ3) is 4.27. The highest BCUT2D eigenvalue weighted by Gasteiger charge is 2.30. The van der Waals surface area contributed by atoms with E-state index in [1.165, 1.54) is 10.7 Å². The number of carbonyl (C=O) groups is 1. The monoisotopic (exact) mass is 379 g/mol. The molecule has 1 aromatic rings. The molecule has 2 fully saturated rings. The summed E-state index contributed by atoms with van der Waals surface area (Å²) in [6.07, 6.45) is 3.35. The molecule has 144 valence electrons. The maximum absolute atomic E-state index is 12.7. The van der Waals surface area contributed by atoms with E-state index in [1.54, 1.807) is 12.1 Å². The van der Waals surface area contributed by atoms with Gasteiger partial charge in [0.2, 0.25) is 15.9 Å². The Morgan fingerprint density at radius 2 is 1.69 bits per heavy atom. The molecule has 6 nitrogen and oxygen atoms in total. The van der Waals surface area contributed by atoms with Crippen molar-refractivity contribution in [2.45, 2.75) is 44.0 Å². The van der Waals surface area contributed by atoms with Crippen molar-refractivity contribution in [1.29, 1.82) is 0 Å². The Labute approximate surface area is 156 Å². The van der Waals surface area contributed by atoms with Crippen molar-refractivity contribution >= 4 is 15.9 Å². The summed E-state index contributed by atoms with van der Waals surface area (Å²) >= 11 is 0. The van der Waals surface area contributed by atoms with Crippen LogP contribution < -0.4 is 0 Å². The quantitative estimate of drug-likeness (QED) is 0.799. The number of amides is 1. The minimum absolute atomic E-state index is 0.173. The van der Waals surface area contributed by atoms with E-state index in [4.69, 9.17) is 0 Å². The van der Waals surface area contributed by atoms with Gasteiger partial charge < -0.3 is 4.90 Å². The smallest absolute Gasteiger partial charge is 0.243 e. The van der Waals surface area contributed by atoms with Gasteiger partial charge in [0, 0.05) is 38.8 Å². The van der Waals surface area contributed by atoms with Crippen LogP contribution in [0.2, 0.25) is 0 Å². The standard InChI is InChI=1S/C19H29N3O3S/c1-16-6-8-18(9-7-16)26(24,25)21-13-11-20(12-14-21)15-19(23)22-10-4-3-5-17(22)2/h6-9,17H,3-5,10-15H2,1-2H3. The number of nitrogens with zero attached hydrogens (tertiary/aromatic N) is 3. The summed E-state index contributed by atoms with van der Waals surface area (Å²) in [6, 6.07) is 7.29. The predicted molar refractivity (Wildman–Crippen MR) is 101 cm³/mol. The number of aryl methyl sites for hydroxylation is 1. The number of piperazine rings is 1. The fraction of sp³-hybridized carbons (Fsp3) is 0.632. The van der Waals surface area contributed by atoms with E-state index in [1.807, 2.05) is 24.0 Å². The second kappa shape index (κ2) is 8.06. The minimum atomic E-state index is -3.45. The van der Waals surface area contributed by atoms with Crippen LogP contribution in [0.4, 0.5) is 0 Å². The SMILES string of the molecule is Cc1ccc(S(=O)(=O)N2CCN(CC(=O)N3CCCCC3C)CC2)cc1. The zero-order valence-corrected chi connectivity index (χ0v) is 16.5. The molecule has 2 aliphatic heterocycles. The number of sulfonamides is 1. The Morgan fingerprint density at radius 1 is 1.04 bits per heavy atom. The number of rotatable bonds is 4. The van der Waals surface area contributed by atoms with Crippen molar-refractivity contribution < 1.29 is 13.2 Å². The molecule has 0 aliphatic carbocycles. The van der Waals surface area contributed by atoms with Crippen LogP contribution in [-0.2, 0) is 14.8 Å². The molecule has 2 aliphatic rings. The summed E-state index contributed by atoms with van der Waals surface area (Å²) < 4.78 is 27.0. The van der Waals surface area contributed by atoms with Gasteiger partial charge in [-0.25, -0.2) is 8.42 Å². The summed E-state index contributed by atoms with van der Waals surface area (Å²) in [7, 11) is -3.45. The lowest BCUT2D eigenvalue weighted by molar-refractivity contribution is -0.135. The lowest BCUT2D eigenvalue weighted by Crippen LogP contribution is -2.53. The van der Waals surface area contributed by atoms with E-state index >= 15 is 0 Å². The van der Waals surface area contributed by atoms with Gasteiger partial charge in [0.25, 0.3) is 0 Å². The lowest BCUT2D eigenvalue weighted by atomic mass is 10.0. The maximum atomic E-state index is 12.7. The Hall–Kier alpha value is -1.44. The lowest BCUT2D eigenvalue weighted by Gasteiger charge is -2.37. The van der Waals surface area contributed by atoms with Gasteiger partial charge in [-0.05, 0) is 45.2 Å². The van der Waals surface area contributed by atoms with Crippen molar-refractivity contribution in [2.24, 2.45) is 0 Å². The number of likely N-dealkylation sites (tertiary alicyclic amines) is 1. The summed E-state index contributed by atoms with van der Waals surface area (Å²) in [5, 5.41) is 0. The number of piperidine rings is 1. The molecule has 3 rings (SSSR count). The molecule has 0 spiro atoms. The molecule has 1 amide bonds. The van der Waals surface area contributed by atoms with Crippen molar-refractivity contribution in [1.82, 2.24) is 14.1 Å². The van der Waals surface area contributed by atoms with Gasteiger partial charge in [-0.3, -0.25) is 9.69 Å². The molecular weight excluding hydrogens is 350 g/mol. The first-order valence-electron chi connectivity index (χ1n) is 9.46. The molecule has 2 heterocycles. The number of benzene rings is 1. The van der Waals surface area contributed by atoms with E-state index in [2.05, 4.69) is 11.8 Å². The normalized spacial score (nSPS) is 23.2. The molecule has 0 aromatic heterocycles. The fourth-order valence-electron chi connectivity index (χ4n) is 3.74. The van der Waals surface area contributed by atoms with Crippen LogP contribution in [0.5, 0.6) is 0 Å². The van der Waals surface area contributed by atoms with Crippen molar-refractivity contribution in [2.75, 3.05) is 39.3 Å². The van der Waals surface area contributed by atoms with E-state index in [0.29, 0.717) is 43.7 Å². The fourth-order valence-corrected chi connectivity index (χ4v) is 5.16. The molecule has 0 bridgehead atoms. The molecule has 1 aromatic carbocycles. The summed E-state index contributed by atoms with van der Waals surface area (Å²) in [5.41, 5.74) is 1.04. The number of hydrogen-bond donors (Lipinski definition) is 0. The van der Waals surface area contributed by atoms with Crippen LogP contribution in [-0.4, -0.2) is 73.7 Å². The maximum Gasteiger partial charge on any atom is 0.243 e. The van der Waals surface area contributed by atoms with Crippen LogP contribution in [0, 0.1) is 6.92 Å². The first-order valence-corrected chi connectivity index (χ1v) is 10.9. The Kier molecular flexibility index (Phi) is 5.99. The third-order valence-electron chi connectivity index (χ3n) is 5.47. The highest BCUT2D eigenvalue weighted by molar-refractivity contribution is 7.89. The summed E-state index contributed by atoms with van der Waals surface area (Å²) in [5.74, 6) is 0.173. The summed E-state index contributed by atoms with van der Waals surface area (Å²) in [4.78, 5) is 17.0. The van der Waals surface area contributed by atoms with Crippen molar-refractivity contribution in [3.05, 3.63) is 29.8 Å². The average Bonchev–Trinajstić information content (AvgIpc) is 2.63. The number of hydrogen-bond acceptors (Lipinski definition) is 4. The van der Waals surface area contributed by atoms with E-state index < -0.39 is 10.0 Å². The highest BCUT2D eigenvalue weighted by Crippen LogP contribution is 2.19. The third-order valence-corrected chi connectivity index (χ3v) is 7.39. The largest absolute Gasteiger partial charge is 0.339 e. The molecule has 2 saturated heterocycles. The van der Waals surface area contributed by atoms with Gasteiger partial charge in [0.1, 0.15) is 0 Å². The van der Waals surface area contributed by atoms with Crippen LogP contribution in [0.15, 0.2) is 29.2 Å². The minimum Gasteiger partial charge on any atom is -0.339 e. The summed E-state index contributed by atoms with van der Waals surface area (Å²) in [6.45, 7) is 7.35. The molecule has 1 unspecified atom stereocenters. The first kappa shape index (κ1) is 19.3.